The van der Waals surface area contributed by atoms with Crippen LogP contribution in [0.15, 0.2) is 24.3 Å². The van der Waals surface area contributed by atoms with Gasteiger partial charge >= 0.3 is 0 Å². The number of piperidine rings is 1. The molecule has 0 bridgehead atoms. The zero-order valence-corrected chi connectivity index (χ0v) is 12.1. The molecule has 4 nitrogen and oxygen atoms in total. The molecule has 0 atom stereocenters. The first-order chi connectivity index (χ1) is 10.2. The molecule has 21 heavy (non-hydrogen) atoms. The summed E-state index contributed by atoms with van der Waals surface area (Å²) in [5, 5.41) is 6.22. The number of carbonyl (C=O) groups excluding carboxylic acids is 1. The van der Waals surface area contributed by atoms with Crippen molar-refractivity contribution in [3.8, 4) is 0 Å². The minimum atomic E-state index is -0.290. The zero-order valence-electron chi connectivity index (χ0n) is 12.1. The Balaban J connectivity index is 1.57. The molecular weight excluding hydrogens is 269 g/mol. The van der Waals surface area contributed by atoms with Crippen molar-refractivity contribution >= 4 is 11.6 Å². The summed E-state index contributed by atoms with van der Waals surface area (Å²) in [6.45, 7) is 2.51. The highest BCUT2D eigenvalue weighted by atomic mass is 19.1. The maximum absolute atomic E-state index is 12.9. The molecule has 1 aliphatic carbocycles. The highest BCUT2D eigenvalue weighted by Gasteiger charge is 2.35. The number of carbonyl (C=O) groups is 1. The van der Waals surface area contributed by atoms with Crippen LogP contribution in [0.4, 0.5) is 10.1 Å². The smallest absolute Gasteiger partial charge is 0.238 e. The van der Waals surface area contributed by atoms with Crippen molar-refractivity contribution < 1.29 is 9.18 Å². The third-order valence-corrected chi connectivity index (χ3v) is 4.25. The van der Waals surface area contributed by atoms with Crippen LogP contribution >= 0.6 is 0 Å². The van der Waals surface area contributed by atoms with Gasteiger partial charge in [-0.05, 0) is 63.0 Å². The van der Waals surface area contributed by atoms with Gasteiger partial charge in [0.2, 0.25) is 5.91 Å². The zero-order chi connectivity index (χ0) is 14.7. The lowest BCUT2D eigenvalue weighted by Crippen LogP contribution is -2.47. The summed E-state index contributed by atoms with van der Waals surface area (Å²) in [6.07, 6.45) is 4.63. The Morgan fingerprint density at radius 1 is 1.14 bits per heavy atom. The summed E-state index contributed by atoms with van der Waals surface area (Å²) in [5.41, 5.74) is 0.655. The third-order valence-electron chi connectivity index (χ3n) is 4.25. The average Bonchev–Trinajstić information content (AvgIpc) is 3.33. The molecule has 1 aromatic carbocycles. The summed E-state index contributed by atoms with van der Waals surface area (Å²) in [7, 11) is 0. The van der Waals surface area contributed by atoms with E-state index in [1.807, 2.05) is 0 Å². The Labute approximate surface area is 124 Å². The summed E-state index contributed by atoms with van der Waals surface area (Å²) in [5.74, 6) is -0.297. The summed E-state index contributed by atoms with van der Waals surface area (Å²) in [4.78, 5) is 14.6. The molecule has 0 unspecified atom stereocenters. The SMILES string of the molecule is O=C(CN(C1CCNCC1)C1CC1)Nc1ccc(F)cc1. The molecule has 1 amide bonds. The van der Waals surface area contributed by atoms with Crippen LogP contribution in [-0.2, 0) is 4.79 Å². The first-order valence-electron chi connectivity index (χ1n) is 7.74. The van der Waals surface area contributed by atoms with Crippen molar-refractivity contribution in [2.45, 2.75) is 37.8 Å². The number of halogens is 1. The molecule has 1 saturated heterocycles. The van der Waals surface area contributed by atoms with Crippen LogP contribution < -0.4 is 10.6 Å². The predicted octanol–water partition coefficient (Wildman–Crippen LogP) is 1.98. The van der Waals surface area contributed by atoms with Gasteiger partial charge < -0.3 is 10.6 Å². The van der Waals surface area contributed by atoms with Gasteiger partial charge in [-0.25, -0.2) is 4.39 Å². The molecule has 0 aromatic heterocycles. The lowest BCUT2D eigenvalue weighted by molar-refractivity contribution is -0.118. The van der Waals surface area contributed by atoms with Gasteiger partial charge in [0.1, 0.15) is 5.82 Å². The van der Waals surface area contributed by atoms with Crippen LogP contribution in [0.1, 0.15) is 25.7 Å². The minimum absolute atomic E-state index is 0.00737. The number of hydrogen-bond donors (Lipinski definition) is 2. The van der Waals surface area contributed by atoms with E-state index in [1.165, 1.54) is 25.0 Å². The number of nitrogens with one attached hydrogen (secondary N) is 2. The van der Waals surface area contributed by atoms with Crippen LogP contribution in [0.25, 0.3) is 0 Å². The van der Waals surface area contributed by atoms with Gasteiger partial charge in [-0.3, -0.25) is 9.69 Å². The fraction of sp³-hybridized carbons (Fsp3) is 0.562. The predicted molar refractivity (Wildman–Crippen MR) is 80.6 cm³/mol. The lowest BCUT2D eigenvalue weighted by atomic mass is 10.0. The summed E-state index contributed by atoms with van der Waals surface area (Å²) in [6, 6.07) is 7.01. The standard InChI is InChI=1S/C16H22FN3O/c17-12-1-3-13(4-2-12)19-16(21)11-20(14-5-6-14)15-7-9-18-10-8-15/h1-4,14-15,18H,5-11H2,(H,19,21). The fourth-order valence-corrected chi connectivity index (χ4v) is 3.00. The van der Waals surface area contributed by atoms with Crippen molar-refractivity contribution in [1.29, 1.82) is 0 Å². The molecule has 0 spiro atoms. The molecule has 2 aliphatic rings. The number of benzene rings is 1. The van der Waals surface area contributed by atoms with Crippen molar-refractivity contribution in [2.75, 3.05) is 25.0 Å². The second-order valence-corrected chi connectivity index (χ2v) is 5.94. The maximum atomic E-state index is 12.9. The molecule has 1 aromatic rings. The van der Waals surface area contributed by atoms with E-state index in [2.05, 4.69) is 15.5 Å². The Hall–Kier alpha value is -1.46. The molecule has 3 rings (SSSR count). The highest BCUT2D eigenvalue weighted by molar-refractivity contribution is 5.92. The van der Waals surface area contributed by atoms with E-state index in [0.29, 0.717) is 24.3 Å². The average molecular weight is 291 g/mol. The molecule has 2 N–H and O–H groups in total. The van der Waals surface area contributed by atoms with Gasteiger partial charge in [-0.1, -0.05) is 0 Å². The van der Waals surface area contributed by atoms with Gasteiger partial charge in [0, 0.05) is 17.8 Å². The number of rotatable bonds is 5. The number of hydrogen-bond acceptors (Lipinski definition) is 3. The van der Waals surface area contributed by atoms with E-state index in [1.54, 1.807) is 12.1 Å². The Bertz CT molecular complexity index is 481. The summed E-state index contributed by atoms with van der Waals surface area (Å²) < 4.78 is 12.9. The quantitative estimate of drug-likeness (QED) is 0.872. The molecule has 0 radical (unpaired) electrons. The van der Waals surface area contributed by atoms with Crippen LogP contribution in [-0.4, -0.2) is 42.5 Å². The third kappa shape index (κ3) is 4.02. The highest BCUT2D eigenvalue weighted by Crippen LogP contribution is 2.30. The molecule has 1 saturated carbocycles. The Morgan fingerprint density at radius 2 is 1.76 bits per heavy atom. The van der Waals surface area contributed by atoms with E-state index in [9.17, 15) is 9.18 Å². The van der Waals surface area contributed by atoms with Crippen LogP contribution in [0.2, 0.25) is 0 Å². The first-order valence-corrected chi connectivity index (χ1v) is 7.74. The van der Waals surface area contributed by atoms with Gasteiger partial charge in [0.15, 0.2) is 0 Å². The molecule has 5 heteroatoms. The van der Waals surface area contributed by atoms with Crippen molar-refractivity contribution in [2.24, 2.45) is 0 Å². The van der Waals surface area contributed by atoms with E-state index >= 15 is 0 Å². The number of nitrogens with zero attached hydrogens (tertiary/aromatic N) is 1. The van der Waals surface area contributed by atoms with E-state index in [0.717, 1.165) is 25.9 Å². The van der Waals surface area contributed by atoms with Crippen LogP contribution in [0.5, 0.6) is 0 Å². The molecular formula is C16H22FN3O. The molecule has 114 valence electrons. The first kappa shape index (κ1) is 14.5. The van der Waals surface area contributed by atoms with Crippen LogP contribution in [0.3, 0.4) is 0 Å². The van der Waals surface area contributed by atoms with E-state index in [4.69, 9.17) is 0 Å². The van der Waals surface area contributed by atoms with E-state index < -0.39 is 0 Å². The monoisotopic (exact) mass is 291 g/mol. The Kier molecular flexibility index (Phi) is 4.51. The molecule has 2 fully saturated rings. The van der Waals surface area contributed by atoms with Gasteiger partial charge in [-0.15, -0.1) is 0 Å². The van der Waals surface area contributed by atoms with Gasteiger partial charge in [0.25, 0.3) is 0 Å². The molecule has 1 heterocycles. The van der Waals surface area contributed by atoms with Crippen LogP contribution in [0, 0.1) is 5.82 Å². The summed E-state index contributed by atoms with van der Waals surface area (Å²) >= 11 is 0. The minimum Gasteiger partial charge on any atom is -0.325 e. The second-order valence-electron chi connectivity index (χ2n) is 5.94. The van der Waals surface area contributed by atoms with Gasteiger partial charge in [-0.2, -0.15) is 0 Å². The lowest BCUT2D eigenvalue weighted by Gasteiger charge is -2.34. The van der Waals surface area contributed by atoms with Crippen molar-refractivity contribution in [3.05, 3.63) is 30.1 Å². The largest absolute Gasteiger partial charge is 0.325 e. The fourth-order valence-electron chi connectivity index (χ4n) is 3.00. The Morgan fingerprint density at radius 3 is 2.38 bits per heavy atom. The van der Waals surface area contributed by atoms with Crippen molar-refractivity contribution in [3.63, 3.8) is 0 Å². The number of anilines is 1. The number of amides is 1. The second kappa shape index (κ2) is 6.54. The van der Waals surface area contributed by atoms with Gasteiger partial charge in [0.05, 0.1) is 6.54 Å². The molecule has 1 aliphatic heterocycles. The topological polar surface area (TPSA) is 44.4 Å². The van der Waals surface area contributed by atoms with E-state index in [-0.39, 0.29) is 11.7 Å². The maximum Gasteiger partial charge on any atom is 0.238 e. The normalized spacial score (nSPS) is 19.7. The van der Waals surface area contributed by atoms with Crippen molar-refractivity contribution in [1.82, 2.24) is 10.2 Å².